The Morgan fingerprint density at radius 2 is 1.62 bits per heavy atom. The third kappa shape index (κ3) is 5.14. The summed E-state index contributed by atoms with van der Waals surface area (Å²) in [6, 6.07) is 0. The van der Waals surface area contributed by atoms with E-state index in [0.717, 1.165) is 6.26 Å². The summed E-state index contributed by atoms with van der Waals surface area (Å²) >= 11 is 0. The van der Waals surface area contributed by atoms with E-state index in [1.807, 2.05) is 0 Å². The quantitative estimate of drug-likeness (QED) is 0.409. The Morgan fingerprint density at radius 3 is 2.00 bits per heavy atom. The second-order valence-corrected chi connectivity index (χ2v) is 3.29. The van der Waals surface area contributed by atoms with Gasteiger partial charge < -0.3 is 9.47 Å². The SMILES string of the molecule is C=C(C)C(=O)O/C=C(/CC)OC(=O)C(=C)C. The van der Waals surface area contributed by atoms with E-state index in [2.05, 4.69) is 13.2 Å². The summed E-state index contributed by atoms with van der Waals surface area (Å²) in [5.41, 5.74) is 0.559. The highest BCUT2D eigenvalue weighted by Crippen LogP contribution is 2.07. The summed E-state index contributed by atoms with van der Waals surface area (Å²) in [5, 5.41) is 0. The maximum atomic E-state index is 11.2. The highest BCUT2D eigenvalue weighted by molar-refractivity contribution is 5.88. The van der Waals surface area contributed by atoms with Crippen molar-refractivity contribution < 1.29 is 19.1 Å². The molecule has 0 atom stereocenters. The van der Waals surface area contributed by atoms with Crippen LogP contribution in [-0.4, -0.2) is 11.9 Å². The Bertz CT molecular complexity index is 350. The Morgan fingerprint density at radius 1 is 1.12 bits per heavy atom. The lowest BCUT2D eigenvalue weighted by atomic mass is 10.3. The molecule has 0 aliphatic rings. The van der Waals surface area contributed by atoms with E-state index in [1.54, 1.807) is 6.92 Å². The average molecular weight is 224 g/mol. The van der Waals surface area contributed by atoms with Gasteiger partial charge in [-0.15, -0.1) is 0 Å². The van der Waals surface area contributed by atoms with Crippen LogP contribution in [-0.2, 0) is 19.1 Å². The third-order valence-corrected chi connectivity index (χ3v) is 1.57. The molecular formula is C12H16O4. The van der Waals surface area contributed by atoms with Crippen LogP contribution < -0.4 is 0 Å². The number of allylic oxidation sites excluding steroid dienone is 1. The van der Waals surface area contributed by atoms with Crippen molar-refractivity contribution in [2.45, 2.75) is 27.2 Å². The van der Waals surface area contributed by atoms with Gasteiger partial charge in [0.25, 0.3) is 0 Å². The normalized spacial score (nSPS) is 10.6. The number of carbonyl (C=O) groups excluding carboxylic acids is 2. The van der Waals surface area contributed by atoms with Crippen LogP contribution in [0.15, 0.2) is 36.3 Å². The number of esters is 2. The molecule has 0 rings (SSSR count). The van der Waals surface area contributed by atoms with Gasteiger partial charge in [-0.2, -0.15) is 0 Å². The molecule has 0 amide bonds. The molecule has 0 radical (unpaired) electrons. The van der Waals surface area contributed by atoms with Crippen molar-refractivity contribution >= 4 is 11.9 Å². The van der Waals surface area contributed by atoms with Crippen LogP contribution in [0.2, 0.25) is 0 Å². The van der Waals surface area contributed by atoms with Gasteiger partial charge in [-0.05, 0) is 13.8 Å². The molecule has 4 heteroatoms. The lowest BCUT2D eigenvalue weighted by Crippen LogP contribution is -2.06. The van der Waals surface area contributed by atoms with Gasteiger partial charge in [0, 0.05) is 17.6 Å². The van der Waals surface area contributed by atoms with Crippen LogP contribution in [0.1, 0.15) is 27.2 Å². The fraction of sp³-hybridized carbons (Fsp3) is 0.333. The first kappa shape index (κ1) is 14.2. The van der Waals surface area contributed by atoms with Gasteiger partial charge in [-0.1, -0.05) is 20.1 Å². The highest BCUT2D eigenvalue weighted by atomic mass is 16.6. The molecule has 0 aliphatic carbocycles. The largest absolute Gasteiger partial charge is 0.428 e. The zero-order valence-corrected chi connectivity index (χ0v) is 9.83. The summed E-state index contributed by atoms with van der Waals surface area (Å²) in [6.07, 6.45) is 1.54. The molecule has 88 valence electrons. The Balaban J connectivity index is 4.44. The lowest BCUT2D eigenvalue weighted by molar-refractivity contribution is -0.138. The van der Waals surface area contributed by atoms with E-state index < -0.39 is 11.9 Å². The van der Waals surface area contributed by atoms with Crippen molar-refractivity contribution in [3.8, 4) is 0 Å². The van der Waals surface area contributed by atoms with Gasteiger partial charge >= 0.3 is 11.9 Å². The fourth-order valence-electron chi connectivity index (χ4n) is 0.606. The predicted molar refractivity (Wildman–Crippen MR) is 60.2 cm³/mol. The predicted octanol–water partition coefficient (Wildman–Crippen LogP) is 2.48. The van der Waals surface area contributed by atoms with Crippen molar-refractivity contribution in [1.29, 1.82) is 0 Å². The minimum Gasteiger partial charge on any atom is -0.428 e. The molecule has 0 aromatic rings. The molecule has 0 saturated heterocycles. The molecular weight excluding hydrogens is 208 g/mol. The second-order valence-electron chi connectivity index (χ2n) is 3.29. The number of carbonyl (C=O) groups is 2. The molecule has 0 aromatic heterocycles. The molecule has 4 nitrogen and oxygen atoms in total. The average Bonchev–Trinajstić information content (AvgIpc) is 2.22. The van der Waals surface area contributed by atoms with E-state index in [0.29, 0.717) is 6.42 Å². The van der Waals surface area contributed by atoms with Gasteiger partial charge in [-0.3, -0.25) is 0 Å². The van der Waals surface area contributed by atoms with Crippen LogP contribution in [0.4, 0.5) is 0 Å². The van der Waals surface area contributed by atoms with Crippen molar-refractivity contribution in [2.75, 3.05) is 0 Å². The third-order valence-electron chi connectivity index (χ3n) is 1.57. The van der Waals surface area contributed by atoms with Crippen molar-refractivity contribution in [1.82, 2.24) is 0 Å². The molecule has 0 unspecified atom stereocenters. The van der Waals surface area contributed by atoms with Crippen LogP contribution in [0.5, 0.6) is 0 Å². The first-order valence-electron chi connectivity index (χ1n) is 4.81. The number of hydrogen-bond acceptors (Lipinski definition) is 4. The van der Waals surface area contributed by atoms with E-state index in [1.165, 1.54) is 13.8 Å². The summed E-state index contributed by atoms with van der Waals surface area (Å²) in [4.78, 5) is 22.2. The first-order chi connectivity index (χ1) is 7.38. The summed E-state index contributed by atoms with van der Waals surface area (Å²) in [7, 11) is 0. The first-order valence-corrected chi connectivity index (χ1v) is 4.81. The van der Waals surface area contributed by atoms with Gasteiger partial charge in [0.05, 0.1) is 0 Å². The van der Waals surface area contributed by atoms with Gasteiger partial charge in [0.1, 0.15) is 12.0 Å². The molecule has 0 bridgehead atoms. The van der Waals surface area contributed by atoms with Gasteiger partial charge in [-0.25, -0.2) is 9.59 Å². The molecule has 0 spiro atoms. The van der Waals surface area contributed by atoms with Gasteiger partial charge in [0.15, 0.2) is 0 Å². The summed E-state index contributed by atoms with van der Waals surface area (Å²) in [5.74, 6) is -0.834. The standard InChI is InChI=1S/C12H16O4/c1-6-10(16-12(14)9(4)5)7-15-11(13)8(2)3/h7H,2,4,6H2,1,3,5H3/b10-7-. The zero-order valence-electron chi connectivity index (χ0n) is 9.83. The minimum absolute atomic E-state index is 0.266. The molecule has 0 heterocycles. The Kier molecular flexibility index (Phi) is 5.85. The molecule has 0 N–H and O–H groups in total. The molecule has 0 aromatic carbocycles. The topological polar surface area (TPSA) is 52.6 Å². The molecule has 16 heavy (non-hydrogen) atoms. The van der Waals surface area contributed by atoms with Crippen LogP contribution in [0, 0.1) is 0 Å². The minimum atomic E-state index is -0.558. The van der Waals surface area contributed by atoms with Crippen molar-refractivity contribution in [3.63, 3.8) is 0 Å². The van der Waals surface area contributed by atoms with Crippen LogP contribution in [0.25, 0.3) is 0 Å². The summed E-state index contributed by atoms with van der Waals surface area (Å²) in [6.45, 7) is 11.7. The fourth-order valence-corrected chi connectivity index (χ4v) is 0.606. The van der Waals surface area contributed by atoms with Crippen LogP contribution >= 0.6 is 0 Å². The van der Waals surface area contributed by atoms with Crippen LogP contribution in [0.3, 0.4) is 0 Å². The molecule has 0 saturated carbocycles. The maximum Gasteiger partial charge on any atom is 0.338 e. The second kappa shape index (κ2) is 6.61. The van der Waals surface area contributed by atoms with E-state index >= 15 is 0 Å². The zero-order chi connectivity index (χ0) is 12.7. The summed E-state index contributed by atoms with van der Waals surface area (Å²) < 4.78 is 9.64. The highest BCUT2D eigenvalue weighted by Gasteiger charge is 2.08. The maximum absolute atomic E-state index is 11.2. The Labute approximate surface area is 95.2 Å². The van der Waals surface area contributed by atoms with Crippen molar-refractivity contribution in [3.05, 3.63) is 36.3 Å². The van der Waals surface area contributed by atoms with E-state index in [9.17, 15) is 9.59 Å². The van der Waals surface area contributed by atoms with Gasteiger partial charge in [0.2, 0.25) is 0 Å². The van der Waals surface area contributed by atoms with Crippen molar-refractivity contribution in [2.24, 2.45) is 0 Å². The smallest absolute Gasteiger partial charge is 0.338 e. The molecule has 0 fully saturated rings. The monoisotopic (exact) mass is 224 g/mol. The number of hydrogen-bond donors (Lipinski definition) is 0. The lowest BCUT2D eigenvalue weighted by Gasteiger charge is -2.06. The number of ether oxygens (including phenoxy) is 2. The Hall–Kier alpha value is -1.84. The van der Waals surface area contributed by atoms with E-state index in [4.69, 9.17) is 9.47 Å². The molecule has 0 aliphatic heterocycles. The number of rotatable bonds is 5. The van der Waals surface area contributed by atoms with E-state index in [-0.39, 0.29) is 16.9 Å².